The number of nitrogens with one attached hydrogen (secondary N) is 1. The molecule has 4 saturated heterocycles. The highest BCUT2D eigenvalue weighted by atomic mass is 19.3. The fraction of sp³-hybridized carbons (Fsp3) is 0.597. The minimum atomic E-state index is -2.73. The molecule has 0 bridgehead atoms. The van der Waals surface area contributed by atoms with E-state index in [1.807, 2.05) is 97.3 Å². The molecule has 4 aromatic rings. The van der Waals surface area contributed by atoms with E-state index in [2.05, 4.69) is 35.6 Å². The molecule has 2 unspecified atom stereocenters. The zero-order chi connectivity index (χ0) is 58.3. The van der Waals surface area contributed by atoms with Gasteiger partial charge in [0.25, 0.3) is 0 Å². The van der Waals surface area contributed by atoms with E-state index in [4.69, 9.17) is 23.7 Å². The normalized spacial score (nSPS) is 30.9. The van der Waals surface area contributed by atoms with Crippen LogP contribution in [0.2, 0.25) is 0 Å². The fourth-order valence-electron chi connectivity index (χ4n) is 16.2. The molecule has 6 fully saturated rings. The van der Waals surface area contributed by atoms with Gasteiger partial charge in [-0.05, 0) is 132 Å². The van der Waals surface area contributed by atoms with Crippen molar-refractivity contribution in [2.45, 2.75) is 163 Å². The summed E-state index contributed by atoms with van der Waals surface area (Å²) in [6.07, 6.45) is 5.79. The highest BCUT2D eigenvalue weighted by Crippen LogP contribution is 2.55. The van der Waals surface area contributed by atoms with Gasteiger partial charge >= 0.3 is 6.09 Å². The van der Waals surface area contributed by atoms with Crippen molar-refractivity contribution in [1.29, 1.82) is 0 Å². The number of fused-ring (bicyclic) bond motifs is 4. The van der Waals surface area contributed by atoms with Crippen LogP contribution in [0.3, 0.4) is 0 Å². The van der Waals surface area contributed by atoms with Crippen molar-refractivity contribution in [2.24, 2.45) is 23.7 Å². The third-order valence-electron chi connectivity index (χ3n) is 20.1. The predicted octanol–water partition coefficient (Wildman–Crippen LogP) is 12.7. The molecule has 16 heteroatoms. The van der Waals surface area contributed by atoms with Crippen molar-refractivity contribution in [3.05, 3.63) is 119 Å². The van der Waals surface area contributed by atoms with Crippen LogP contribution in [0.4, 0.5) is 22.4 Å². The van der Waals surface area contributed by atoms with Gasteiger partial charge in [0.1, 0.15) is 5.60 Å². The van der Waals surface area contributed by atoms with Crippen LogP contribution in [-0.2, 0) is 25.2 Å². The first-order valence-corrected chi connectivity index (χ1v) is 30.6. The van der Waals surface area contributed by atoms with Crippen molar-refractivity contribution in [2.75, 3.05) is 66.7 Å². The number of halogens is 4. The van der Waals surface area contributed by atoms with E-state index in [1.54, 1.807) is 19.1 Å². The molecule has 3 amide bonds. The van der Waals surface area contributed by atoms with Gasteiger partial charge < -0.3 is 43.7 Å². The predicted molar refractivity (Wildman–Crippen MR) is 309 cm³/mol. The summed E-state index contributed by atoms with van der Waals surface area (Å²) in [5.74, 6) is -3.58. The molecule has 12 rings (SSSR count). The van der Waals surface area contributed by atoms with Crippen LogP contribution < -0.4 is 24.3 Å². The molecular weight excluding hydrogens is 1060 g/mol. The number of likely N-dealkylation sites (tertiary alicyclic amines) is 3. The Balaban J connectivity index is 0.000000176. The van der Waals surface area contributed by atoms with Gasteiger partial charge in [-0.2, -0.15) is 0 Å². The van der Waals surface area contributed by atoms with Crippen LogP contribution >= 0.6 is 0 Å². The second-order valence-electron chi connectivity index (χ2n) is 26.2. The van der Waals surface area contributed by atoms with Gasteiger partial charge in [0.05, 0.1) is 39.3 Å². The molecule has 0 radical (unpaired) electrons. The number of hydrogen-bond donors (Lipinski definition) is 1. The first-order chi connectivity index (χ1) is 39.8. The summed E-state index contributed by atoms with van der Waals surface area (Å²) in [6.45, 7) is 9.25. The van der Waals surface area contributed by atoms with Gasteiger partial charge in [-0.1, -0.05) is 84.9 Å². The zero-order valence-electron chi connectivity index (χ0n) is 49.0. The monoisotopic (exact) mass is 1150 g/mol. The molecule has 2 aliphatic carbocycles. The van der Waals surface area contributed by atoms with Crippen molar-refractivity contribution in [3.8, 4) is 23.0 Å². The number of nitrogens with zero attached hydrogens (tertiary/aromatic N) is 3. The van der Waals surface area contributed by atoms with Gasteiger partial charge in [-0.25, -0.2) is 22.4 Å². The number of piperidine rings is 2. The number of para-hydroxylation sites is 2. The number of amides is 3. The van der Waals surface area contributed by atoms with Crippen molar-refractivity contribution in [1.82, 2.24) is 20.0 Å². The lowest BCUT2D eigenvalue weighted by molar-refractivity contribution is -0.146. The Morgan fingerprint density at radius 2 is 1.08 bits per heavy atom. The van der Waals surface area contributed by atoms with Crippen LogP contribution in [-0.4, -0.2) is 129 Å². The van der Waals surface area contributed by atoms with E-state index >= 15 is 4.79 Å². The maximum atomic E-state index is 15.0. The SMILES string of the molecule is COc1cccc2c1OCC[C@]21CN(C(=O)OC(C)(C)C)C[C@H]1C(=O)N1CC[C@@H](c2ccccc2)C[C@H]1C1CCCC(F)(F)C1.COc1cccc2c1OCC[C@]21CNC[C@H]1C(=O)N1CC[C@@H](c2ccccc2)C[C@H]1C1CCCC(F)(F)C1. The summed E-state index contributed by atoms with van der Waals surface area (Å²) >= 11 is 0. The first kappa shape index (κ1) is 58.7. The highest BCUT2D eigenvalue weighted by molar-refractivity contribution is 5.85. The van der Waals surface area contributed by atoms with E-state index in [-0.39, 0.29) is 85.7 Å². The Labute approximate surface area is 487 Å². The Morgan fingerprint density at radius 3 is 1.57 bits per heavy atom. The van der Waals surface area contributed by atoms with Crippen molar-refractivity contribution < 1.29 is 55.6 Å². The summed E-state index contributed by atoms with van der Waals surface area (Å²) < 4.78 is 88.2. The molecule has 1 N–H and O–H groups in total. The number of rotatable bonds is 8. The van der Waals surface area contributed by atoms with E-state index in [0.29, 0.717) is 95.3 Å². The van der Waals surface area contributed by atoms with Crippen molar-refractivity contribution in [3.63, 3.8) is 0 Å². The molecule has 0 aromatic heterocycles. The Bertz CT molecular complexity index is 2950. The van der Waals surface area contributed by atoms with E-state index < -0.39 is 40.3 Å². The number of ether oxygens (including phenoxy) is 5. The molecule has 8 aliphatic rings. The molecule has 448 valence electrons. The summed E-state index contributed by atoms with van der Waals surface area (Å²) in [5, 5.41) is 3.51. The lowest BCUT2D eigenvalue weighted by atomic mass is 9.67. The van der Waals surface area contributed by atoms with Gasteiger partial charge in [-0.15, -0.1) is 0 Å². The second kappa shape index (κ2) is 23.8. The van der Waals surface area contributed by atoms with E-state index in [9.17, 15) is 27.2 Å². The molecule has 83 heavy (non-hydrogen) atoms. The summed E-state index contributed by atoms with van der Waals surface area (Å²) in [4.78, 5) is 48.6. The minimum absolute atomic E-state index is 0.0411. The number of methoxy groups -OCH3 is 2. The van der Waals surface area contributed by atoms with Crippen molar-refractivity contribution >= 4 is 17.9 Å². The summed E-state index contributed by atoms with van der Waals surface area (Å²) in [6, 6.07) is 31.7. The molecular formula is C67H84F4N4O8. The van der Waals surface area contributed by atoms with E-state index in [1.165, 1.54) is 11.1 Å². The number of carbonyl (C=O) groups is 3. The van der Waals surface area contributed by atoms with Crippen LogP contribution in [0.1, 0.15) is 145 Å². The van der Waals surface area contributed by atoms with Gasteiger partial charge in [-0.3, -0.25) is 9.59 Å². The average Bonchev–Trinajstić information content (AvgIpc) is 4.18. The molecule has 2 spiro atoms. The number of benzene rings is 4. The first-order valence-electron chi connectivity index (χ1n) is 30.6. The Morgan fingerprint density at radius 1 is 0.602 bits per heavy atom. The molecule has 4 aromatic carbocycles. The molecule has 10 atom stereocenters. The number of alkyl halides is 4. The minimum Gasteiger partial charge on any atom is -0.493 e. The van der Waals surface area contributed by atoms with E-state index in [0.717, 1.165) is 49.0 Å². The zero-order valence-corrected chi connectivity index (χ0v) is 49.0. The summed E-state index contributed by atoms with van der Waals surface area (Å²) in [7, 11) is 3.23. The quantitative estimate of drug-likeness (QED) is 0.172. The smallest absolute Gasteiger partial charge is 0.410 e. The Kier molecular flexibility index (Phi) is 16.8. The van der Waals surface area contributed by atoms with Crippen LogP contribution in [0.5, 0.6) is 23.0 Å². The van der Waals surface area contributed by atoms with Crippen LogP contribution in [0.25, 0.3) is 0 Å². The largest absolute Gasteiger partial charge is 0.493 e. The topological polar surface area (TPSA) is 119 Å². The maximum absolute atomic E-state index is 15.0. The van der Waals surface area contributed by atoms with Crippen LogP contribution in [0, 0.1) is 23.7 Å². The lowest BCUT2D eigenvalue weighted by Gasteiger charge is -2.48. The average molecular weight is 1150 g/mol. The van der Waals surface area contributed by atoms with Gasteiger partial charge in [0.2, 0.25) is 23.7 Å². The molecule has 2 saturated carbocycles. The third kappa shape index (κ3) is 11.9. The lowest BCUT2D eigenvalue weighted by Crippen LogP contribution is -2.56. The van der Waals surface area contributed by atoms with Gasteiger partial charge in [0.15, 0.2) is 23.0 Å². The number of carbonyl (C=O) groups excluding carboxylic acids is 3. The van der Waals surface area contributed by atoms with Gasteiger partial charge in [0, 0.05) is 99.0 Å². The molecule has 12 nitrogen and oxygen atoms in total. The molecule has 6 aliphatic heterocycles. The molecule has 6 heterocycles. The Hall–Kier alpha value is -6.03. The number of hydrogen-bond acceptors (Lipinski definition) is 9. The standard InChI is InChI=1S/C36H46F2N2O5.C31H38F2N2O3/c1-34(2,3)45-33(42)39-22-28(35(23-39)17-19-44-31-27(35)13-8-14-30(31)43-4)32(41)40-18-15-25(24-10-6-5-7-11-24)20-29(40)26-12-9-16-36(37,38)21-26;1-37-27-11-5-10-24-28(27)38-16-14-30(24)20-34-19-25(30)29(36)35-15-12-22(21-7-3-2-4-8-21)17-26(35)23-9-6-13-31(32,33)18-23/h5-8,10-11,13-14,25-26,28-29H,9,12,15-23H2,1-4H3;2-5,7-8,10-11,22-23,25-26,34H,6,9,12-20H2,1H3/t25-,26?,28+,29+,35+;22-,23?,25+,26+,30+/m11/s1. The van der Waals surface area contributed by atoms with Crippen LogP contribution in [0.15, 0.2) is 97.1 Å². The fourth-order valence-corrected chi connectivity index (χ4v) is 16.2. The maximum Gasteiger partial charge on any atom is 0.410 e. The highest BCUT2D eigenvalue weighted by Gasteiger charge is 2.59. The third-order valence-corrected chi connectivity index (χ3v) is 20.1. The summed E-state index contributed by atoms with van der Waals surface area (Å²) in [5.41, 5.74) is 2.49. The second-order valence-corrected chi connectivity index (χ2v) is 26.2.